The Morgan fingerprint density at radius 1 is 1.15 bits per heavy atom. The lowest BCUT2D eigenvalue weighted by molar-refractivity contribution is -0.116. The first kappa shape index (κ1) is 22.2. The minimum Gasteiger partial charge on any atom is -0.374 e. The molecule has 4 rings (SSSR count). The number of carbonyl (C=O) groups is 2. The molecule has 0 aliphatic rings. The van der Waals surface area contributed by atoms with E-state index in [9.17, 15) is 14.4 Å². The predicted molar refractivity (Wildman–Crippen MR) is 125 cm³/mol. The number of amides is 2. The summed E-state index contributed by atoms with van der Waals surface area (Å²) in [4.78, 5) is 36.2. The van der Waals surface area contributed by atoms with E-state index in [1.807, 2.05) is 0 Å². The molecule has 0 aliphatic carbocycles. The summed E-state index contributed by atoms with van der Waals surface area (Å²) in [6.45, 7) is 0.0526. The highest BCUT2D eigenvalue weighted by molar-refractivity contribution is 7.17. The van der Waals surface area contributed by atoms with E-state index in [4.69, 9.17) is 17.3 Å². The fraction of sp³-hybridized carbons (Fsp3) is 0.0952. The third kappa shape index (κ3) is 5.27. The van der Waals surface area contributed by atoms with Crippen LogP contribution in [0.15, 0.2) is 65.7 Å². The van der Waals surface area contributed by atoms with E-state index in [1.54, 1.807) is 54.9 Å². The molecule has 1 aromatic carbocycles. The molecule has 0 spiro atoms. The van der Waals surface area contributed by atoms with Crippen LogP contribution in [-0.4, -0.2) is 37.9 Å². The summed E-state index contributed by atoms with van der Waals surface area (Å²) in [5, 5.41) is 13.9. The topological polar surface area (TPSA) is 137 Å². The Hall–Kier alpha value is -3.96. The summed E-state index contributed by atoms with van der Waals surface area (Å²) in [5.74, 6) is -0.804. The van der Waals surface area contributed by atoms with Gasteiger partial charge in [0, 0.05) is 12.3 Å². The van der Waals surface area contributed by atoms with Crippen LogP contribution in [-0.2, 0) is 11.3 Å². The number of rotatable bonds is 8. The summed E-state index contributed by atoms with van der Waals surface area (Å²) < 4.78 is 3.51. The Labute approximate surface area is 196 Å². The van der Waals surface area contributed by atoms with Crippen molar-refractivity contribution in [2.75, 3.05) is 11.9 Å². The Balaban J connectivity index is 1.58. The highest BCUT2D eigenvalue weighted by Crippen LogP contribution is 2.24. The van der Waals surface area contributed by atoms with Crippen molar-refractivity contribution in [3.63, 3.8) is 0 Å². The number of thiophene rings is 1. The van der Waals surface area contributed by atoms with Gasteiger partial charge in [0.2, 0.25) is 5.91 Å². The van der Waals surface area contributed by atoms with Gasteiger partial charge in [0.1, 0.15) is 5.69 Å². The lowest BCUT2D eigenvalue weighted by Gasteiger charge is -2.13. The Kier molecular flexibility index (Phi) is 6.52. The third-order valence-electron chi connectivity index (χ3n) is 4.55. The molecule has 0 bridgehead atoms. The number of hydrogen-bond acceptors (Lipinski definition) is 7. The second kappa shape index (κ2) is 9.67. The molecule has 4 aromatic rings. The van der Waals surface area contributed by atoms with Gasteiger partial charge in [-0.2, -0.15) is 0 Å². The van der Waals surface area contributed by atoms with Crippen LogP contribution in [0.1, 0.15) is 15.4 Å². The van der Waals surface area contributed by atoms with Crippen LogP contribution in [0.3, 0.4) is 0 Å². The van der Waals surface area contributed by atoms with Crippen LogP contribution in [0.5, 0.6) is 0 Å². The molecular formula is C21H18ClN7O3S. The Morgan fingerprint density at radius 2 is 2.00 bits per heavy atom. The quantitative estimate of drug-likeness (QED) is 0.350. The summed E-state index contributed by atoms with van der Waals surface area (Å²) in [6.07, 6.45) is 3.30. The smallest absolute Gasteiger partial charge is 0.261 e. The first-order valence-corrected chi connectivity index (χ1v) is 10.9. The van der Waals surface area contributed by atoms with Crippen molar-refractivity contribution in [2.24, 2.45) is 5.73 Å². The van der Waals surface area contributed by atoms with Crippen LogP contribution in [0, 0.1) is 0 Å². The third-order valence-corrected chi connectivity index (χ3v) is 5.78. The molecular weight excluding hydrogens is 466 g/mol. The molecule has 2 amide bonds. The number of halogens is 1. The van der Waals surface area contributed by atoms with Crippen molar-refractivity contribution in [1.82, 2.24) is 24.9 Å². The van der Waals surface area contributed by atoms with Gasteiger partial charge in [-0.1, -0.05) is 22.9 Å². The number of pyridine rings is 1. The largest absolute Gasteiger partial charge is 0.374 e. The van der Waals surface area contributed by atoms with E-state index >= 15 is 0 Å². The number of primary amides is 1. The maximum absolute atomic E-state index is 12.2. The highest BCUT2D eigenvalue weighted by Gasteiger charge is 2.13. The molecule has 12 heteroatoms. The van der Waals surface area contributed by atoms with E-state index in [2.05, 4.69) is 20.9 Å². The van der Waals surface area contributed by atoms with Crippen molar-refractivity contribution in [3.8, 4) is 11.4 Å². The van der Waals surface area contributed by atoms with Crippen LogP contribution < -0.4 is 21.9 Å². The molecule has 0 fully saturated rings. The van der Waals surface area contributed by atoms with Gasteiger partial charge in [0.05, 0.1) is 45.6 Å². The van der Waals surface area contributed by atoms with Gasteiger partial charge >= 0.3 is 0 Å². The van der Waals surface area contributed by atoms with Crippen LogP contribution in [0.25, 0.3) is 11.4 Å². The zero-order chi connectivity index (χ0) is 23.4. The molecule has 0 unspecified atom stereocenters. The SMILES string of the molecule is NC(=O)CNc1cc(-n2ccccc2=O)ccc1-n1cc(CNC(=O)c2ccc(Cl)s2)nn1. The first-order valence-electron chi connectivity index (χ1n) is 9.70. The molecule has 10 nitrogen and oxygen atoms in total. The minimum absolute atomic E-state index is 0.110. The summed E-state index contributed by atoms with van der Waals surface area (Å²) >= 11 is 7.06. The molecule has 0 saturated carbocycles. The molecule has 3 heterocycles. The van der Waals surface area contributed by atoms with Crippen molar-refractivity contribution in [2.45, 2.75) is 6.54 Å². The van der Waals surface area contributed by atoms with Crippen molar-refractivity contribution < 1.29 is 9.59 Å². The van der Waals surface area contributed by atoms with E-state index in [-0.39, 0.29) is 24.6 Å². The second-order valence-electron chi connectivity index (χ2n) is 6.87. The van der Waals surface area contributed by atoms with E-state index in [0.717, 1.165) is 0 Å². The molecule has 0 saturated heterocycles. The number of nitrogens with one attached hydrogen (secondary N) is 2. The number of carbonyl (C=O) groups excluding carboxylic acids is 2. The normalized spacial score (nSPS) is 10.7. The van der Waals surface area contributed by atoms with E-state index < -0.39 is 5.91 Å². The molecule has 0 atom stereocenters. The minimum atomic E-state index is -0.543. The number of nitrogens with two attached hydrogens (primary N) is 1. The van der Waals surface area contributed by atoms with E-state index in [0.29, 0.717) is 32.0 Å². The summed E-state index contributed by atoms with van der Waals surface area (Å²) in [5.41, 5.74) is 7.31. The fourth-order valence-electron chi connectivity index (χ4n) is 3.03. The number of aromatic nitrogens is 4. The standard InChI is InChI=1S/C21H18ClN7O3S/c22-18-7-6-17(33-18)21(32)25-10-13-12-29(27-26-13)16-5-4-14(9-15(16)24-11-19(23)30)28-8-2-1-3-20(28)31/h1-9,12,24H,10-11H2,(H2,23,30)(H,25,32). The second-order valence-corrected chi connectivity index (χ2v) is 8.59. The number of anilines is 1. The van der Waals surface area contributed by atoms with Crippen molar-refractivity contribution in [1.29, 1.82) is 0 Å². The van der Waals surface area contributed by atoms with Crippen LogP contribution >= 0.6 is 22.9 Å². The lowest BCUT2D eigenvalue weighted by atomic mass is 10.2. The van der Waals surface area contributed by atoms with Gasteiger partial charge in [-0.3, -0.25) is 19.0 Å². The summed E-state index contributed by atoms with van der Waals surface area (Å²) in [6, 6.07) is 13.4. The molecule has 0 aliphatic heterocycles. The van der Waals surface area contributed by atoms with Crippen molar-refractivity contribution >= 4 is 40.4 Å². The van der Waals surface area contributed by atoms with Gasteiger partial charge in [0.15, 0.2) is 0 Å². The van der Waals surface area contributed by atoms with Crippen molar-refractivity contribution in [3.05, 3.63) is 86.2 Å². The molecule has 3 aromatic heterocycles. The fourth-order valence-corrected chi connectivity index (χ4v) is 3.99. The number of nitrogens with zero attached hydrogens (tertiary/aromatic N) is 4. The lowest BCUT2D eigenvalue weighted by Crippen LogP contribution is -2.23. The van der Waals surface area contributed by atoms with Crippen LogP contribution in [0.4, 0.5) is 5.69 Å². The zero-order valence-electron chi connectivity index (χ0n) is 17.1. The van der Waals surface area contributed by atoms with Gasteiger partial charge < -0.3 is 16.4 Å². The van der Waals surface area contributed by atoms with Gasteiger partial charge in [-0.25, -0.2) is 4.68 Å². The maximum Gasteiger partial charge on any atom is 0.261 e. The monoisotopic (exact) mass is 483 g/mol. The zero-order valence-corrected chi connectivity index (χ0v) is 18.6. The maximum atomic E-state index is 12.2. The summed E-state index contributed by atoms with van der Waals surface area (Å²) in [7, 11) is 0. The molecule has 0 radical (unpaired) electrons. The average Bonchev–Trinajstić information content (AvgIpc) is 3.45. The number of benzene rings is 1. The highest BCUT2D eigenvalue weighted by atomic mass is 35.5. The molecule has 4 N–H and O–H groups in total. The first-order chi connectivity index (χ1) is 15.9. The van der Waals surface area contributed by atoms with E-state index in [1.165, 1.54) is 26.7 Å². The Morgan fingerprint density at radius 3 is 2.73 bits per heavy atom. The van der Waals surface area contributed by atoms with Gasteiger partial charge in [-0.15, -0.1) is 16.4 Å². The average molecular weight is 484 g/mol. The van der Waals surface area contributed by atoms with Crippen LogP contribution in [0.2, 0.25) is 4.34 Å². The Bertz CT molecular complexity index is 1380. The number of hydrogen-bond donors (Lipinski definition) is 3. The molecule has 33 heavy (non-hydrogen) atoms. The van der Waals surface area contributed by atoms with Gasteiger partial charge in [-0.05, 0) is 36.4 Å². The van der Waals surface area contributed by atoms with Gasteiger partial charge in [0.25, 0.3) is 11.5 Å². The predicted octanol–water partition coefficient (Wildman–Crippen LogP) is 1.96. The molecule has 168 valence electrons.